The molecule has 10 heteroatoms. The fourth-order valence-corrected chi connectivity index (χ4v) is 5.67. The van der Waals surface area contributed by atoms with E-state index in [9.17, 15) is 13.2 Å². The van der Waals surface area contributed by atoms with Crippen molar-refractivity contribution in [2.45, 2.75) is 65.2 Å². The molecule has 0 amide bonds. The summed E-state index contributed by atoms with van der Waals surface area (Å²) in [5.41, 5.74) is 0.756. The molecule has 1 aromatic carbocycles. The molecule has 2 saturated heterocycles. The third-order valence-electron chi connectivity index (χ3n) is 5.89. The summed E-state index contributed by atoms with van der Waals surface area (Å²) in [5, 5.41) is 9.37. The maximum Gasteiger partial charge on any atom is 0.456 e. The predicted molar refractivity (Wildman–Crippen MR) is 116 cm³/mol. The number of hydrogen-bond acceptors (Lipinski definition) is 4. The van der Waals surface area contributed by atoms with Gasteiger partial charge in [-0.2, -0.15) is 23.4 Å². The molecular weight excluding hydrogens is 447 g/mol. The van der Waals surface area contributed by atoms with Gasteiger partial charge in [-0.25, -0.2) is 0 Å². The Morgan fingerprint density at radius 2 is 1.97 bits per heavy atom. The molecule has 3 rings (SSSR count). The molecule has 0 unspecified atom stereocenters. The third-order valence-corrected chi connectivity index (χ3v) is 7.20. The fourth-order valence-electron chi connectivity index (χ4n) is 4.45. The summed E-state index contributed by atoms with van der Waals surface area (Å²) in [6.45, 7) is 11.3. The van der Waals surface area contributed by atoms with E-state index in [2.05, 4.69) is 4.99 Å². The molecule has 3 atom stereocenters. The first kappa shape index (κ1) is 23.9. The Kier molecular flexibility index (Phi) is 6.15. The maximum atomic E-state index is 14.6. The Labute approximate surface area is 187 Å². The molecule has 0 aliphatic carbocycles. The van der Waals surface area contributed by atoms with Crippen LogP contribution in [-0.4, -0.2) is 44.5 Å². The van der Waals surface area contributed by atoms with Crippen molar-refractivity contribution in [3.63, 3.8) is 0 Å². The molecule has 2 aliphatic heterocycles. The molecule has 2 heterocycles. The van der Waals surface area contributed by atoms with Crippen LogP contribution in [0.15, 0.2) is 17.1 Å². The van der Waals surface area contributed by atoms with Gasteiger partial charge in [-0.15, -0.1) is 0 Å². The van der Waals surface area contributed by atoms with Crippen LogP contribution in [0, 0.1) is 29.6 Å². The van der Waals surface area contributed by atoms with Crippen LogP contribution in [0.4, 0.5) is 18.9 Å². The molecule has 31 heavy (non-hydrogen) atoms. The van der Waals surface area contributed by atoms with Gasteiger partial charge in [0.1, 0.15) is 12.1 Å². The number of fused-ring (bicyclic) bond motifs is 1. The maximum absolute atomic E-state index is 14.6. The Hall–Kier alpha value is -1.76. The van der Waals surface area contributed by atoms with Crippen LogP contribution in [0.1, 0.15) is 38.3 Å². The number of ether oxygens (including phenoxy) is 1. The number of halogens is 4. The van der Waals surface area contributed by atoms with Gasteiger partial charge in [0.2, 0.25) is 0 Å². The summed E-state index contributed by atoms with van der Waals surface area (Å²) < 4.78 is 55.0. The van der Waals surface area contributed by atoms with E-state index in [1.807, 2.05) is 26.8 Å². The molecule has 5 nitrogen and oxygen atoms in total. The van der Waals surface area contributed by atoms with Crippen molar-refractivity contribution in [1.29, 1.82) is 5.26 Å². The van der Waals surface area contributed by atoms with Crippen molar-refractivity contribution in [3.05, 3.63) is 28.3 Å². The lowest BCUT2D eigenvalue weighted by Gasteiger charge is -2.41. The molecule has 1 aromatic rings. The van der Waals surface area contributed by atoms with Crippen molar-refractivity contribution in [3.8, 4) is 6.07 Å². The van der Waals surface area contributed by atoms with E-state index in [0.717, 1.165) is 0 Å². The van der Waals surface area contributed by atoms with Crippen molar-refractivity contribution >= 4 is 32.4 Å². The molecular formula is C21H27ClF3N3O2Si. The predicted octanol–water partition coefficient (Wildman–Crippen LogP) is 5.53. The Balaban J connectivity index is 2.17. The zero-order chi connectivity index (χ0) is 23.4. The summed E-state index contributed by atoms with van der Waals surface area (Å²) in [4.78, 5) is 6.02. The summed E-state index contributed by atoms with van der Waals surface area (Å²) in [7, 11) is -2.15. The number of aliphatic imine (C=N–C) groups is 1. The van der Waals surface area contributed by atoms with Gasteiger partial charge in [0.05, 0.1) is 16.3 Å². The molecule has 0 spiro atoms. The lowest BCUT2D eigenvalue weighted by molar-refractivity contribution is -0.335. The van der Waals surface area contributed by atoms with Gasteiger partial charge in [-0.1, -0.05) is 32.4 Å². The first-order valence-corrected chi connectivity index (χ1v) is 13.4. The average molecular weight is 474 g/mol. The first-order valence-electron chi connectivity index (χ1n) is 10.2. The SMILES string of the molecule is Cc1c(N=C2O[C@](O[SiH](C)C)(C(F)(F)F)[C@@H]3[C@H](C(C)(C)C)CCN23)ccc(C#N)c1Cl. The van der Waals surface area contributed by atoms with E-state index in [0.29, 0.717) is 24.2 Å². The molecule has 2 fully saturated rings. The van der Waals surface area contributed by atoms with E-state index in [-0.39, 0.29) is 27.9 Å². The molecule has 0 radical (unpaired) electrons. The van der Waals surface area contributed by atoms with E-state index in [1.54, 1.807) is 31.0 Å². The number of nitriles is 1. The minimum Gasteiger partial charge on any atom is -0.421 e. The highest BCUT2D eigenvalue weighted by Crippen LogP contribution is 2.54. The second-order valence-corrected chi connectivity index (χ2v) is 12.1. The minimum atomic E-state index is -4.74. The van der Waals surface area contributed by atoms with Gasteiger partial charge in [0.25, 0.3) is 6.02 Å². The molecule has 0 N–H and O–H groups in total. The Morgan fingerprint density at radius 1 is 1.32 bits per heavy atom. The van der Waals surface area contributed by atoms with Crippen molar-refractivity contribution in [2.24, 2.45) is 16.3 Å². The normalized spacial score (nSPS) is 27.5. The summed E-state index contributed by atoms with van der Waals surface area (Å²) >= 11 is 6.23. The van der Waals surface area contributed by atoms with Gasteiger partial charge >= 0.3 is 12.0 Å². The van der Waals surface area contributed by atoms with Gasteiger partial charge in [0.15, 0.2) is 9.04 Å². The number of benzene rings is 1. The number of rotatable bonds is 3. The van der Waals surface area contributed by atoms with Crippen molar-refractivity contribution in [1.82, 2.24) is 4.90 Å². The topological polar surface area (TPSA) is 57.9 Å². The molecule has 0 bridgehead atoms. The summed E-state index contributed by atoms with van der Waals surface area (Å²) in [6.07, 6.45) is -4.17. The van der Waals surface area contributed by atoms with Crippen LogP contribution in [0.2, 0.25) is 18.1 Å². The highest BCUT2D eigenvalue weighted by molar-refractivity contribution is 6.48. The Morgan fingerprint density at radius 3 is 2.48 bits per heavy atom. The van der Waals surface area contributed by atoms with Crippen LogP contribution in [-0.2, 0) is 9.16 Å². The fraction of sp³-hybridized carbons (Fsp3) is 0.619. The quantitative estimate of drug-likeness (QED) is 0.541. The number of hydrogen-bond donors (Lipinski definition) is 0. The zero-order valence-corrected chi connectivity index (χ0v) is 20.4. The molecule has 170 valence electrons. The summed E-state index contributed by atoms with van der Waals surface area (Å²) in [5.74, 6) is -3.06. The molecule has 0 saturated carbocycles. The first-order chi connectivity index (χ1) is 14.2. The van der Waals surface area contributed by atoms with Gasteiger partial charge in [0, 0.05) is 6.54 Å². The zero-order valence-electron chi connectivity index (χ0n) is 18.5. The lowest BCUT2D eigenvalue weighted by atomic mass is 9.74. The van der Waals surface area contributed by atoms with Gasteiger partial charge < -0.3 is 14.1 Å². The number of nitrogens with zero attached hydrogens (tertiary/aromatic N) is 3. The Bertz CT molecular complexity index is 940. The van der Waals surface area contributed by atoms with Crippen LogP contribution in [0.3, 0.4) is 0 Å². The molecule has 0 aromatic heterocycles. The largest absolute Gasteiger partial charge is 0.456 e. The third kappa shape index (κ3) is 4.05. The monoisotopic (exact) mass is 473 g/mol. The number of amidine groups is 1. The smallest absolute Gasteiger partial charge is 0.421 e. The highest BCUT2D eigenvalue weighted by atomic mass is 35.5. The minimum absolute atomic E-state index is 0.118. The van der Waals surface area contributed by atoms with Crippen LogP contribution in [0.25, 0.3) is 0 Å². The van der Waals surface area contributed by atoms with Crippen LogP contribution >= 0.6 is 11.6 Å². The highest BCUT2D eigenvalue weighted by Gasteiger charge is 2.74. The van der Waals surface area contributed by atoms with Gasteiger partial charge in [-0.05, 0) is 55.5 Å². The second kappa shape index (κ2) is 7.98. The second-order valence-electron chi connectivity index (χ2n) is 9.41. The number of alkyl halides is 3. The van der Waals surface area contributed by atoms with E-state index >= 15 is 0 Å². The van der Waals surface area contributed by atoms with E-state index < -0.39 is 27.0 Å². The molecule has 2 aliphatic rings. The average Bonchev–Trinajstić information content (AvgIpc) is 3.19. The van der Waals surface area contributed by atoms with Crippen LogP contribution < -0.4 is 0 Å². The summed E-state index contributed by atoms with van der Waals surface area (Å²) in [6, 6.07) is 3.90. The van der Waals surface area contributed by atoms with Crippen molar-refractivity contribution < 1.29 is 22.3 Å². The van der Waals surface area contributed by atoms with E-state index in [4.69, 9.17) is 26.0 Å². The van der Waals surface area contributed by atoms with Crippen LogP contribution in [0.5, 0.6) is 0 Å². The van der Waals surface area contributed by atoms with Crippen molar-refractivity contribution in [2.75, 3.05) is 6.54 Å². The lowest BCUT2D eigenvalue weighted by Crippen LogP contribution is -2.61. The van der Waals surface area contributed by atoms with Gasteiger partial charge in [-0.3, -0.25) is 0 Å². The standard InChI is InChI=1S/C21H27ClF3N3O2Si/c1-12-15(8-7-13(11-26)16(12)22)27-18-28-10-9-14(19(2,3)4)17(28)20(29-18,21(23,24)25)30-31(5)6/h7-8,14,17,31H,9-10H2,1-6H3/t14-,17+,20-/m1/s1. The van der Waals surface area contributed by atoms with E-state index in [1.165, 1.54) is 6.07 Å².